The summed E-state index contributed by atoms with van der Waals surface area (Å²) in [5.41, 5.74) is 12.5. The number of phenols is 1. The fourth-order valence-corrected chi connectivity index (χ4v) is 4.64. The molecule has 5 nitrogen and oxygen atoms in total. The van der Waals surface area contributed by atoms with Gasteiger partial charge in [0.1, 0.15) is 5.75 Å². The molecule has 5 heteroatoms. The van der Waals surface area contributed by atoms with E-state index < -0.39 is 0 Å². The Morgan fingerprint density at radius 2 is 1.35 bits per heavy atom. The van der Waals surface area contributed by atoms with Gasteiger partial charge in [0.2, 0.25) is 5.91 Å². The lowest BCUT2D eigenvalue weighted by atomic mass is 9.90. The number of amides is 1. The lowest BCUT2D eigenvalue weighted by molar-refractivity contribution is -0.121. The molecule has 3 aromatic rings. The zero-order valence-corrected chi connectivity index (χ0v) is 24.4. The smallest absolute Gasteiger partial charge is 0.220 e. The number of benzene rings is 3. The molecule has 0 atom stereocenters. The molecule has 0 aromatic heterocycles. The molecule has 4 N–H and O–H groups in total. The van der Waals surface area contributed by atoms with Crippen molar-refractivity contribution < 1.29 is 14.7 Å². The molecule has 0 fully saturated rings. The van der Waals surface area contributed by atoms with E-state index in [9.17, 15) is 14.7 Å². The number of aromatic hydroxyl groups is 1. The zero-order chi connectivity index (χ0) is 29.1. The molecule has 3 rings (SSSR count). The molecule has 1 amide bonds. The first-order valence-corrected chi connectivity index (χ1v) is 14.4. The fraction of sp³-hybridized carbons (Fsp3) is 0.371. The molecule has 0 aliphatic carbocycles. The van der Waals surface area contributed by atoms with Gasteiger partial charge in [0, 0.05) is 24.9 Å². The van der Waals surface area contributed by atoms with Crippen molar-refractivity contribution in [2.24, 2.45) is 5.73 Å². The predicted octanol–water partition coefficient (Wildman–Crippen LogP) is 7.37. The Hall–Kier alpha value is -3.70. The lowest BCUT2D eigenvalue weighted by Gasteiger charge is -2.17. The molecule has 0 bridgehead atoms. The first-order chi connectivity index (χ1) is 19.2. The van der Waals surface area contributed by atoms with Crippen molar-refractivity contribution in [2.45, 2.75) is 78.2 Å². The monoisotopic (exact) mass is 540 g/mol. The maximum atomic E-state index is 12.5. The third-order valence-electron chi connectivity index (χ3n) is 7.12. The number of carbonyl (C=O) groups is 2. The molecule has 3 aromatic carbocycles. The first-order valence-electron chi connectivity index (χ1n) is 14.4. The van der Waals surface area contributed by atoms with Gasteiger partial charge in [-0.3, -0.25) is 9.59 Å². The first kappa shape index (κ1) is 30.8. The summed E-state index contributed by atoms with van der Waals surface area (Å²) in [6.45, 7) is 9.39. The second-order valence-electron chi connectivity index (χ2n) is 11.1. The van der Waals surface area contributed by atoms with Crippen molar-refractivity contribution in [2.75, 3.05) is 6.54 Å². The molecular weight excluding hydrogens is 496 g/mol. The van der Waals surface area contributed by atoms with E-state index in [1.165, 1.54) is 5.56 Å². The van der Waals surface area contributed by atoms with Gasteiger partial charge >= 0.3 is 0 Å². The van der Waals surface area contributed by atoms with E-state index in [2.05, 4.69) is 45.1 Å². The highest BCUT2D eigenvalue weighted by atomic mass is 16.3. The van der Waals surface area contributed by atoms with Crippen LogP contribution in [-0.4, -0.2) is 23.3 Å². The van der Waals surface area contributed by atoms with E-state index in [0.29, 0.717) is 38.1 Å². The topological polar surface area (TPSA) is 92.4 Å². The number of rotatable bonds is 14. The van der Waals surface area contributed by atoms with Crippen molar-refractivity contribution in [3.8, 4) is 5.75 Å². The number of aryl methyl sites for hydroxylation is 1. The summed E-state index contributed by atoms with van der Waals surface area (Å²) in [5.74, 6) is 1.08. The van der Waals surface area contributed by atoms with Gasteiger partial charge in [0.05, 0.1) is 0 Å². The van der Waals surface area contributed by atoms with Gasteiger partial charge in [0.15, 0.2) is 5.78 Å². The maximum Gasteiger partial charge on any atom is 0.220 e. The van der Waals surface area contributed by atoms with E-state index in [1.54, 1.807) is 0 Å². The zero-order valence-electron chi connectivity index (χ0n) is 24.4. The number of phenolic OH excluding ortho intramolecular Hbond substituents is 1. The molecule has 0 radical (unpaired) electrons. The van der Waals surface area contributed by atoms with Crippen LogP contribution in [0, 0.1) is 0 Å². The summed E-state index contributed by atoms with van der Waals surface area (Å²) in [4.78, 5) is 24.6. The van der Waals surface area contributed by atoms with Crippen LogP contribution in [0.4, 0.5) is 0 Å². The van der Waals surface area contributed by atoms with Crippen molar-refractivity contribution in [3.63, 3.8) is 0 Å². The number of ketones is 1. The molecule has 0 aliphatic rings. The highest BCUT2D eigenvalue weighted by molar-refractivity contribution is 5.96. The molecule has 0 unspecified atom stereocenters. The average Bonchev–Trinajstić information content (AvgIpc) is 2.94. The number of carbonyl (C=O) groups excluding carboxylic acids is 2. The van der Waals surface area contributed by atoms with Gasteiger partial charge in [-0.05, 0) is 71.0 Å². The van der Waals surface area contributed by atoms with Crippen LogP contribution in [0.5, 0.6) is 5.75 Å². The minimum Gasteiger partial charge on any atom is -0.507 e. The Balaban J connectivity index is 1.45. The Kier molecular flexibility index (Phi) is 11.7. The third-order valence-corrected chi connectivity index (χ3v) is 7.12. The highest BCUT2D eigenvalue weighted by Crippen LogP contribution is 2.35. The van der Waals surface area contributed by atoms with Gasteiger partial charge in [-0.15, -0.1) is 0 Å². The molecule has 212 valence electrons. The summed E-state index contributed by atoms with van der Waals surface area (Å²) >= 11 is 0. The molecule has 0 saturated carbocycles. The Labute approximate surface area is 239 Å². The van der Waals surface area contributed by atoms with Crippen LogP contribution < -0.4 is 11.1 Å². The Morgan fingerprint density at radius 3 is 1.88 bits per heavy atom. The fourth-order valence-electron chi connectivity index (χ4n) is 4.64. The van der Waals surface area contributed by atoms with E-state index in [0.717, 1.165) is 46.2 Å². The number of Topliss-reactive ketones (excluding diaryl/α,β-unsaturated/α-hetero) is 1. The van der Waals surface area contributed by atoms with Crippen molar-refractivity contribution in [1.82, 2.24) is 5.32 Å². The predicted molar refractivity (Wildman–Crippen MR) is 166 cm³/mol. The normalized spacial score (nSPS) is 11.5. The van der Waals surface area contributed by atoms with Crippen LogP contribution in [0.3, 0.4) is 0 Å². The van der Waals surface area contributed by atoms with Gasteiger partial charge < -0.3 is 16.2 Å². The minimum absolute atomic E-state index is 0.0425. The quantitative estimate of drug-likeness (QED) is 0.147. The Bertz CT molecular complexity index is 1260. The summed E-state index contributed by atoms with van der Waals surface area (Å²) in [5, 5.41) is 13.6. The van der Waals surface area contributed by atoms with E-state index in [4.69, 9.17) is 5.73 Å². The van der Waals surface area contributed by atoms with E-state index in [1.807, 2.05) is 60.7 Å². The van der Waals surface area contributed by atoms with Crippen molar-refractivity contribution in [3.05, 3.63) is 99.6 Å². The SMILES string of the molecule is CC(C)c1cc(CCCC(=O)NCc2ccc(/C=C/c3ccc(C(=O)CCCN)cc3)cc2)cc(C(C)C)c1O. The molecule has 40 heavy (non-hydrogen) atoms. The van der Waals surface area contributed by atoms with E-state index >= 15 is 0 Å². The largest absolute Gasteiger partial charge is 0.507 e. The van der Waals surface area contributed by atoms with Gasteiger partial charge in [-0.2, -0.15) is 0 Å². The standard InChI is InChI=1S/C35H44N2O3/c1-24(2)31-21-29(22-32(25(3)4)35(31)40)7-5-9-34(39)37-23-28-14-12-26(13-15-28)10-11-27-16-18-30(19-17-27)33(38)8-6-20-36/h10-19,21-22,24-25,40H,5-9,20,23,36H2,1-4H3,(H,37,39)/b11-10+. The minimum atomic E-state index is 0.0425. The third kappa shape index (κ3) is 9.20. The van der Waals surface area contributed by atoms with E-state index in [-0.39, 0.29) is 23.5 Å². The molecule has 0 spiro atoms. The molecule has 0 saturated heterocycles. The highest BCUT2D eigenvalue weighted by Gasteiger charge is 2.15. The number of nitrogens with one attached hydrogen (secondary N) is 1. The molecule has 0 heterocycles. The van der Waals surface area contributed by atoms with Crippen LogP contribution in [0.25, 0.3) is 12.2 Å². The van der Waals surface area contributed by atoms with Gasteiger partial charge in [-0.25, -0.2) is 0 Å². The number of nitrogens with two attached hydrogens (primary N) is 1. The summed E-state index contributed by atoms with van der Waals surface area (Å²) in [6.07, 6.45) is 7.28. The van der Waals surface area contributed by atoms with Crippen molar-refractivity contribution >= 4 is 23.8 Å². The van der Waals surface area contributed by atoms with Gasteiger partial charge in [0.25, 0.3) is 0 Å². The van der Waals surface area contributed by atoms with Crippen LogP contribution in [0.2, 0.25) is 0 Å². The van der Waals surface area contributed by atoms with Gasteiger partial charge in [-0.1, -0.05) is 101 Å². The second-order valence-corrected chi connectivity index (χ2v) is 11.1. The summed E-state index contributed by atoms with van der Waals surface area (Å²) < 4.78 is 0. The molecule has 0 aliphatic heterocycles. The number of hydrogen-bond donors (Lipinski definition) is 3. The average molecular weight is 541 g/mol. The van der Waals surface area contributed by atoms with Crippen LogP contribution >= 0.6 is 0 Å². The van der Waals surface area contributed by atoms with Crippen molar-refractivity contribution in [1.29, 1.82) is 0 Å². The van der Waals surface area contributed by atoms with Crippen LogP contribution in [-0.2, 0) is 17.8 Å². The van der Waals surface area contributed by atoms with Crippen LogP contribution in [0.15, 0.2) is 60.7 Å². The molecular formula is C35H44N2O3. The lowest BCUT2D eigenvalue weighted by Crippen LogP contribution is -2.22. The maximum absolute atomic E-state index is 12.5. The summed E-state index contributed by atoms with van der Waals surface area (Å²) in [7, 11) is 0. The Morgan fingerprint density at radius 1 is 0.800 bits per heavy atom. The second kappa shape index (κ2) is 15.2. The summed E-state index contributed by atoms with van der Waals surface area (Å²) in [6, 6.07) is 19.9. The number of hydrogen-bond acceptors (Lipinski definition) is 4. The van der Waals surface area contributed by atoms with Crippen LogP contribution in [0.1, 0.15) is 109 Å².